The van der Waals surface area contributed by atoms with Crippen molar-refractivity contribution in [1.29, 1.82) is 0 Å². The first kappa shape index (κ1) is 15.0. The Balaban J connectivity index is 2.18. The van der Waals surface area contributed by atoms with E-state index in [4.69, 9.17) is 0 Å². The minimum absolute atomic E-state index is 0.202. The summed E-state index contributed by atoms with van der Waals surface area (Å²) in [6, 6.07) is 4.33. The molecule has 0 amide bonds. The van der Waals surface area contributed by atoms with Gasteiger partial charge in [-0.3, -0.25) is 4.79 Å². The summed E-state index contributed by atoms with van der Waals surface area (Å²) in [5.74, 6) is 0.202. The summed E-state index contributed by atoms with van der Waals surface area (Å²) < 4.78 is 0. The first-order valence-corrected chi connectivity index (χ1v) is 7.74. The van der Waals surface area contributed by atoms with Crippen LogP contribution in [0.4, 0.5) is 0 Å². The summed E-state index contributed by atoms with van der Waals surface area (Å²) in [6.45, 7) is 6.74. The van der Waals surface area contributed by atoms with E-state index in [2.05, 4.69) is 18.7 Å². The molecule has 0 unspecified atom stereocenters. The van der Waals surface area contributed by atoms with E-state index < -0.39 is 0 Å². The van der Waals surface area contributed by atoms with Crippen molar-refractivity contribution in [3.8, 4) is 5.75 Å². The Morgan fingerprint density at radius 1 is 1.30 bits per heavy atom. The summed E-state index contributed by atoms with van der Waals surface area (Å²) in [5, 5.41) is 10.1. The van der Waals surface area contributed by atoms with Gasteiger partial charge in [0.25, 0.3) is 0 Å². The fourth-order valence-electron chi connectivity index (χ4n) is 3.29. The first-order chi connectivity index (χ1) is 9.71. The van der Waals surface area contributed by atoms with Gasteiger partial charge in [0, 0.05) is 6.04 Å². The fraction of sp³-hybridized carbons (Fsp3) is 0.588. The van der Waals surface area contributed by atoms with Crippen LogP contribution in [0.5, 0.6) is 5.75 Å². The zero-order valence-electron chi connectivity index (χ0n) is 12.6. The number of benzene rings is 1. The molecule has 3 heteroatoms. The van der Waals surface area contributed by atoms with Gasteiger partial charge < -0.3 is 10.0 Å². The van der Waals surface area contributed by atoms with Gasteiger partial charge in [0.05, 0.1) is 5.56 Å². The third-order valence-electron chi connectivity index (χ3n) is 4.26. The molecule has 0 bridgehead atoms. The van der Waals surface area contributed by atoms with Crippen LogP contribution in [-0.4, -0.2) is 35.4 Å². The maximum Gasteiger partial charge on any atom is 0.153 e. The highest BCUT2D eigenvalue weighted by Gasteiger charge is 2.25. The highest BCUT2D eigenvalue weighted by atomic mass is 16.3. The number of hydrogen-bond donors (Lipinski definition) is 1. The average Bonchev–Trinajstić information content (AvgIpc) is 2.47. The zero-order chi connectivity index (χ0) is 14.5. The van der Waals surface area contributed by atoms with Crippen LogP contribution >= 0.6 is 0 Å². The molecule has 0 saturated heterocycles. The Morgan fingerprint density at radius 3 is 2.60 bits per heavy atom. The number of nitrogens with zero attached hydrogens (tertiary/aromatic N) is 1. The molecule has 0 saturated carbocycles. The first-order valence-electron chi connectivity index (χ1n) is 7.74. The molecule has 1 N–H and O–H groups in total. The number of phenolic OH excluding ortho intramolecular Hbond substituents is 1. The van der Waals surface area contributed by atoms with Crippen molar-refractivity contribution in [2.75, 3.05) is 13.1 Å². The number of fused-ring (bicyclic) bond motifs is 1. The van der Waals surface area contributed by atoms with Crippen LogP contribution in [0.2, 0.25) is 0 Å². The molecule has 1 aliphatic carbocycles. The lowest BCUT2D eigenvalue weighted by atomic mass is 9.85. The predicted molar refractivity (Wildman–Crippen MR) is 81.5 cm³/mol. The predicted octanol–water partition coefficient (Wildman–Crippen LogP) is 3.18. The topological polar surface area (TPSA) is 40.5 Å². The van der Waals surface area contributed by atoms with Gasteiger partial charge in [0.1, 0.15) is 5.75 Å². The van der Waals surface area contributed by atoms with Gasteiger partial charge in [-0.1, -0.05) is 19.9 Å². The third-order valence-corrected chi connectivity index (χ3v) is 4.26. The Bertz CT molecular complexity index is 464. The molecule has 0 radical (unpaired) electrons. The number of aldehydes is 1. The van der Waals surface area contributed by atoms with E-state index in [0.717, 1.165) is 44.2 Å². The molecule has 20 heavy (non-hydrogen) atoms. The van der Waals surface area contributed by atoms with Crippen LogP contribution in [0, 0.1) is 0 Å². The molecule has 1 aromatic carbocycles. The van der Waals surface area contributed by atoms with E-state index in [1.165, 1.54) is 18.4 Å². The van der Waals surface area contributed by atoms with Gasteiger partial charge in [-0.2, -0.15) is 0 Å². The number of rotatable bonds is 6. The molecule has 0 aromatic heterocycles. The lowest BCUT2D eigenvalue weighted by Crippen LogP contribution is -2.40. The Morgan fingerprint density at radius 2 is 2.00 bits per heavy atom. The molecule has 3 nitrogen and oxygen atoms in total. The smallest absolute Gasteiger partial charge is 0.153 e. The maximum atomic E-state index is 10.9. The number of hydrogen-bond acceptors (Lipinski definition) is 3. The molecule has 0 fully saturated rings. The summed E-state index contributed by atoms with van der Waals surface area (Å²) in [4.78, 5) is 13.5. The summed E-state index contributed by atoms with van der Waals surface area (Å²) in [5.41, 5.74) is 2.61. The highest BCUT2D eigenvalue weighted by Crippen LogP contribution is 2.32. The number of aromatic hydroxyl groups is 1. The van der Waals surface area contributed by atoms with Crippen molar-refractivity contribution in [1.82, 2.24) is 4.90 Å². The van der Waals surface area contributed by atoms with Gasteiger partial charge in [0.15, 0.2) is 6.29 Å². The standard InChI is InChI=1S/C17H25NO2/c1-3-9-18(10-4-2)15-7-8-16-13(11-15)5-6-14(12-19)17(16)20/h5-6,12,15,20H,3-4,7-11H2,1-2H3/t15-/m1/s1. The zero-order valence-corrected chi connectivity index (χ0v) is 12.6. The van der Waals surface area contributed by atoms with Crippen LogP contribution in [0.15, 0.2) is 12.1 Å². The van der Waals surface area contributed by atoms with Crippen molar-refractivity contribution in [2.24, 2.45) is 0 Å². The molecule has 1 aromatic rings. The minimum Gasteiger partial charge on any atom is -0.507 e. The van der Waals surface area contributed by atoms with E-state index in [1.807, 2.05) is 6.07 Å². The van der Waals surface area contributed by atoms with Crippen molar-refractivity contribution >= 4 is 6.29 Å². The van der Waals surface area contributed by atoms with Crippen LogP contribution < -0.4 is 0 Å². The van der Waals surface area contributed by atoms with Gasteiger partial charge >= 0.3 is 0 Å². The normalized spacial score (nSPS) is 18.1. The molecular weight excluding hydrogens is 250 g/mol. The molecule has 0 aliphatic heterocycles. The van der Waals surface area contributed by atoms with Crippen molar-refractivity contribution in [3.05, 3.63) is 28.8 Å². The number of phenols is 1. The number of carbonyl (C=O) groups excluding carboxylic acids is 1. The second kappa shape index (κ2) is 6.89. The molecular formula is C17H25NO2. The molecule has 1 aliphatic rings. The molecule has 1 atom stereocenters. The minimum atomic E-state index is 0.202. The Hall–Kier alpha value is -1.35. The van der Waals surface area contributed by atoms with E-state index in [0.29, 0.717) is 11.6 Å². The van der Waals surface area contributed by atoms with Gasteiger partial charge in [-0.25, -0.2) is 0 Å². The molecule has 0 heterocycles. The van der Waals surface area contributed by atoms with Crippen molar-refractivity contribution in [2.45, 2.75) is 52.0 Å². The fourth-order valence-corrected chi connectivity index (χ4v) is 3.29. The Kier molecular flexibility index (Phi) is 5.18. The summed E-state index contributed by atoms with van der Waals surface area (Å²) in [7, 11) is 0. The average molecular weight is 275 g/mol. The lowest BCUT2D eigenvalue weighted by Gasteiger charge is -2.35. The lowest BCUT2D eigenvalue weighted by molar-refractivity contribution is 0.112. The van der Waals surface area contributed by atoms with Crippen LogP contribution in [0.1, 0.15) is 54.6 Å². The maximum absolute atomic E-state index is 10.9. The third kappa shape index (κ3) is 3.04. The van der Waals surface area contributed by atoms with Crippen LogP contribution in [-0.2, 0) is 12.8 Å². The molecule has 0 spiro atoms. The van der Waals surface area contributed by atoms with Crippen molar-refractivity contribution < 1.29 is 9.90 Å². The van der Waals surface area contributed by atoms with Crippen LogP contribution in [0.25, 0.3) is 0 Å². The molecule has 2 rings (SSSR count). The quantitative estimate of drug-likeness (QED) is 0.811. The number of carbonyl (C=O) groups is 1. The second-order valence-electron chi connectivity index (χ2n) is 5.69. The largest absolute Gasteiger partial charge is 0.507 e. The monoisotopic (exact) mass is 275 g/mol. The SMILES string of the molecule is CCCN(CCC)[C@@H]1CCc2c(ccc(C=O)c2O)C1. The van der Waals surface area contributed by atoms with E-state index in [1.54, 1.807) is 6.07 Å². The van der Waals surface area contributed by atoms with Crippen LogP contribution in [0.3, 0.4) is 0 Å². The van der Waals surface area contributed by atoms with Gasteiger partial charge in [-0.05, 0) is 62.4 Å². The van der Waals surface area contributed by atoms with Gasteiger partial charge in [0.2, 0.25) is 0 Å². The Labute approximate surface area is 121 Å². The molecule has 110 valence electrons. The summed E-state index contributed by atoms with van der Waals surface area (Å²) >= 11 is 0. The van der Waals surface area contributed by atoms with E-state index in [-0.39, 0.29) is 5.75 Å². The summed E-state index contributed by atoms with van der Waals surface area (Å²) in [6.07, 6.45) is 6.03. The van der Waals surface area contributed by atoms with Crippen molar-refractivity contribution in [3.63, 3.8) is 0 Å². The van der Waals surface area contributed by atoms with Gasteiger partial charge in [-0.15, -0.1) is 0 Å². The highest BCUT2D eigenvalue weighted by molar-refractivity contribution is 5.80. The van der Waals surface area contributed by atoms with E-state index >= 15 is 0 Å². The van der Waals surface area contributed by atoms with E-state index in [9.17, 15) is 9.90 Å². The second-order valence-corrected chi connectivity index (χ2v) is 5.69.